The number of hydrogen-bond donors (Lipinski definition) is 1. The van der Waals surface area contributed by atoms with Crippen LogP contribution < -0.4 is 5.73 Å². The molecule has 3 rings (SSSR count). The van der Waals surface area contributed by atoms with E-state index < -0.39 is 0 Å². The molecule has 0 atom stereocenters. The minimum absolute atomic E-state index is 0.766. The van der Waals surface area contributed by atoms with Gasteiger partial charge in [-0.3, -0.25) is 0 Å². The summed E-state index contributed by atoms with van der Waals surface area (Å²) < 4.78 is 1.90. The highest BCUT2D eigenvalue weighted by molar-refractivity contribution is 5.61. The third-order valence-electron chi connectivity index (χ3n) is 3.16. The summed E-state index contributed by atoms with van der Waals surface area (Å²) >= 11 is 0. The molecule has 0 amide bonds. The first-order valence-electron chi connectivity index (χ1n) is 6.21. The van der Waals surface area contributed by atoms with Crippen molar-refractivity contribution in [3.05, 3.63) is 66.4 Å². The van der Waals surface area contributed by atoms with Crippen LogP contribution in [0.15, 0.2) is 60.8 Å². The van der Waals surface area contributed by atoms with Crippen molar-refractivity contribution < 1.29 is 0 Å². The van der Waals surface area contributed by atoms with Crippen LogP contribution in [0.5, 0.6) is 0 Å². The number of hydrogen-bond acceptors (Lipinski definition) is 2. The Labute approximate surface area is 112 Å². The molecule has 0 aliphatic heterocycles. The van der Waals surface area contributed by atoms with Crippen LogP contribution in [0.4, 0.5) is 5.69 Å². The fraction of sp³-hybridized carbons (Fsp3) is 0.0625. The number of rotatable bonds is 2. The van der Waals surface area contributed by atoms with Gasteiger partial charge in [-0.25, -0.2) is 4.68 Å². The molecule has 1 heterocycles. The molecule has 3 heteroatoms. The number of nitrogens with two attached hydrogens (primary N) is 1. The van der Waals surface area contributed by atoms with E-state index in [0.717, 1.165) is 22.6 Å². The lowest BCUT2D eigenvalue weighted by Gasteiger charge is -2.04. The highest BCUT2D eigenvalue weighted by atomic mass is 15.3. The molecule has 0 bridgehead atoms. The molecule has 94 valence electrons. The van der Waals surface area contributed by atoms with Gasteiger partial charge in [-0.05, 0) is 36.8 Å². The Morgan fingerprint density at radius 1 is 0.947 bits per heavy atom. The van der Waals surface area contributed by atoms with Crippen LogP contribution in [0.2, 0.25) is 0 Å². The molecule has 0 radical (unpaired) electrons. The number of aryl methyl sites for hydroxylation is 1. The number of para-hydroxylation sites is 1. The SMILES string of the molecule is Cc1ccccc1-n1ccc(-c2ccc(N)cc2)n1. The monoisotopic (exact) mass is 249 g/mol. The maximum absolute atomic E-state index is 5.70. The summed E-state index contributed by atoms with van der Waals surface area (Å²) in [5.74, 6) is 0. The molecule has 1 aromatic heterocycles. The maximum atomic E-state index is 5.70. The third kappa shape index (κ3) is 2.22. The zero-order chi connectivity index (χ0) is 13.2. The van der Waals surface area contributed by atoms with Gasteiger partial charge in [0, 0.05) is 17.4 Å². The van der Waals surface area contributed by atoms with Crippen molar-refractivity contribution in [2.75, 3.05) is 5.73 Å². The van der Waals surface area contributed by atoms with Crippen molar-refractivity contribution in [3.8, 4) is 16.9 Å². The maximum Gasteiger partial charge on any atom is 0.0927 e. The number of benzene rings is 2. The molecule has 0 aliphatic carbocycles. The average Bonchev–Trinajstić information content (AvgIpc) is 2.89. The summed E-state index contributed by atoms with van der Waals surface area (Å²) in [5.41, 5.74) is 10.8. The quantitative estimate of drug-likeness (QED) is 0.707. The van der Waals surface area contributed by atoms with E-state index in [1.54, 1.807) is 0 Å². The normalized spacial score (nSPS) is 10.6. The van der Waals surface area contributed by atoms with E-state index in [2.05, 4.69) is 24.2 Å². The van der Waals surface area contributed by atoms with Gasteiger partial charge in [0.15, 0.2) is 0 Å². The first-order valence-corrected chi connectivity index (χ1v) is 6.21. The fourth-order valence-corrected chi connectivity index (χ4v) is 2.09. The summed E-state index contributed by atoms with van der Waals surface area (Å²) in [4.78, 5) is 0. The smallest absolute Gasteiger partial charge is 0.0927 e. The zero-order valence-electron chi connectivity index (χ0n) is 10.7. The first-order chi connectivity index (χ1) is 9.24. The molecule has 2 aromatic carbocycles. The number of nitrogen functional groups attached to an aromatic ring is 1. The minimum Gasteiger partial charge on any atom is -0.399 e. The molecule has 3 nitrogen and oxygen atoms in total. The molecule has 0 fully saturated rings. The molecule has 0 saturated heterocycles. The molecule has 19 heavy (non-hydrogen) atoms. The van der Waals surface area contributed by atoms with Crippen LogP contribution >= 0.6 is 0 Å². The van der Waals surface area contributed by atoms with Crippen molar-refractivity contribution in [1.82, 2.24) is 9.78 Å². The number of nitrogens with zero attached hydrogens (tertiary/aromatic N) is 2. The van der Waals surface area contributed by atoms with Gasteiger partial charge in [-0.2, -0.15) is 5.10 Å². The van der Waals surface area contributed by atoms with Crippen LogP contribution in [0, 0.1) is 6.92 Å². The zero-order valence-corrected chi connectivity index (χ0v) is 10.7. The highest BCUT2D eigenvalue weighted by Gasteiger charge is 2.05. The lowest BCUT2D eigenvalue weighted by atomic mass is 10.1. The Morgan fingerprint density at radius 3 is 2.42 bits per heavy atom. The second-order valence-corrected chi connectivity index (χ2v) is 4.55. The molecule has 0 unspecified atom stereocenters. The van der Waals surface area contributed by atoms with E-state index in [4.69, 9.17) is 5.73 Å². The number of anilines is 1. The second-order valence-electron chi connectivity index (χ2n) is 4.55. The molecular weight excluding hydrogens is 234 g/mol. The van der Waals surface area contributed by atoms with Gasteiger partial charge < -0.3 is 5.73 Å². The predicted molar refractivity (Wildman–Crippen MR) is 78.1 cm³/mol. The van der Waals surface area contributed by atoms with Crippen LogP contribution in [-0.4, -0.2) is 9.78 Å². The molecular formula is C16H15N3. The van der Waals surface area contributed by atoms with Crippen molar-refractivity contribution in [2.45, 2.75) is 6.92 Å². The molecule has 0 aliphatic rings. The largest absolute Gasteiger partial charge is 0.399 e. The van der Waals surface area contributed by atoms with E-state index in [-0.39, 0.29) is 0 Å². The molecule has 0 saturated carbocycles. The summed E-state index contributed by atoms with van der Waals surface area (Å²) in [7, 11) is 0. The van der Waals surface area contributed by atoms with E-state index in [1.165, 1.54) is 5.56 Å². The van der Waals surface area contributed by atoms with Gasteiger partial charge in [0.05, 0.1) is 11.4 Å². The van der Waals surface area contributed by atoms with Gasteiger partial charge in [-0.1, -0.05) is 30.3 Å². The van der Waals surface area contributed by atoms with Crippen LogP contribution in [-0.2, 0) is 0 Å². The summed E-state index contributed by atoms with van der Waals surface area (Å²) in [5, 5.41) is 4.62. The average molecular weight is 249 g/mol. The molecule has 3 aromatic rings. The minimum atomic E-state index is 0.766. The summed E-state index contributed by atoms with van der Waals surface area (Å²) in [6.45, 7) is 2.08. The summed E-state index contributed by atoms with van der Waals surface area (Å²) in [6.07, 6.45) is 1.98. The Balaban J connectivity index is 2.00. The van der Waals surface area contributed by atoms with E-state index >= 15 is 0 Å². The lowest BCUT2D eigenvalue weighted by molar-refractivity contribution is 0.876. The Kier molecular flexibility index (Phi) is 2.80. The van der Waals surface area contributed by atoms with Gasteiger partial charge in [-0.15, -0.1) is 0 Å². The van der Waals surface area contributed by atoms with Crippen LogP contribution in [0.25, 0.3) is 16.9 Å². The fourth-order valence-electron chi connectivity index (χ4n) is 2.09. The van der Waals surface area contributed by atoms with Crippen molar-refractivity contribution in [1.29, 1.82) is 0 Å². The Bertz CT molecular complexity index is 696. The Hall–Kier alpha value is -2.55. The molecule has 2 N–H and O–H groups in total. The van der Waals surface area contributed by atoms with E-state index in [0.29, 0.717) is 0 Å². The highest BCUT2D eigenvalue weighted by Crippen LogP contribution is 2.20. The Morgan fingerprint density at radius 2 is 1.68 bits per heavy atom. The first kappa shape index (κ1) is 11.5. The number of aromatic nitrogens is 2. The van der Waals surface area contributed by atoms with E-state index in [1.807, 2.05) is 53.3 Å². The van der Waals surface area contributed by atoms with Gasteiger partial charge >= 0.3 is 0 Å². The summed E-state index contributed by atoms with van der Waals surface area (Å²) in [6, 6.07) is 18.0. The van der Waals surface area contributed by atoms with E-state index in [9.17, 15) is 0 Å². The van der Waals surface area contributed by atoms with Gasteiger partial charge in [0.2, 0.25) is 0 Å². The molecule has 0 spiro atoms. The lowest BCUT2D eigenvalue weighted by Crippen LogP contribution is -1.97. The second kappa shape index (κ2) is 4.61. The van der Waals surface area contributed by atoms with Crippen molar-refractivity contribution >= 4 is 5.69 Å². The standard InChI is InChI=1S/C16H15N3/c1-12-4-2-3-5-16(12)19-11-10-15(18-19)13-6-8-14(17)9-7-13/h2-11H,17H2,1H3. The van der Waals surface area contributed by atoms with Gasteiger partial charge in [0.25, 0.3) is 0 Å². The predicted octanol–water partition coefficient (Wildman–Crippen LogP) is 3.43. The third-order valence-corrected chi connectivity index (χ3v) is 3.16. The van der Waals surface area contributed by atoms with Gasteiger partial charge in [0.1, 0.15) is 0 Å². The van der Waals surface area contributed by atoms with Crippen molar-refractivity contribution in [2.24, 2.45) is 0 Å². The van der Waals surface area contributed by atoms with Crippen molar-refractivity contribution in [3.63, 3.8) is 0 Å². The van der Waals surface area contributed by atoms with Crippen LogP contribution in [0.3, 0.4) is 0 Å². The topological polar surface area (TPSA) is 43.8 Å². The van der Waals surface area contributed by atoms with Crippen LogP contribution in [0.1, 0.15) is 5.56 Å².